The van der Waals surface area contributed by atoms with E-state index in [-0.39, 0.29) is 94.7 Å². The van der Waals surface area contributed by atoms with Crippen molar-refractivity contribution >= 4 is 157 Å². The monoisotopic (exact) mass is 2080 g/mol. The Morgan fingerprint density at radius 3 is 1.39 bits per heavy atom. The fourth-order valence-corrected chi connectivity index (χ4v) is 14.0. The van der Waals surface area contributed by atoms with Crippen molar-refractivity contribution in [2.45, 2.75) is 95.0 Å². The first-order valence-electron chi connectivity index (χ1n) is 42.5. The van der Waals surface area contributed by atoms with E-state index in [0.717, 1.165) is 65.6 Å². The Kier molecular flexibility index (Phi) is 45.4. The van der Waals surface area contributed by atoms with Crippen molar-refractivity contribution in [1.29, 1.82) is 5.26 Å². The number of anilines is 3. The van der Waals surface area contributed by atoms with Gasteiger partial charge in [-0.25, -0.2) is 39.1 Å². The molecule has 7 heterocycles. The summed E-state index contributed by atoms with van der Waals surface area (Å²) in [4.78, 5) is 138. The number of rotatable bonds is 29. The number of carbonyl (C=O) groups excluding carboxylic acids is 7. The van der Waals surface area contributed by atoms with E-state index >= 15 is 0 Å². The lowest BCUT2D eigenvalue weighted by atomic mass is 10.2. The lowest BCUT2D eigenvalue weighted by Crippen LogP contribution is -2.24. The number of nitrogens with zero attached hydrogens (tertiary/aromatic N) is 9. The lowest BCUT2D eigenvalue weighted by Gasteiger charge is -2.11. The van der Waals surface area contributed by atoms with Gasteiger partial charge < -0.3 is 93.3 Å². The van der Waals surface area contributed by atoms with Crippen LogP contribution in [0, 0.1) is 25.2 Å². The number of methoxy groups -OCH3 is 2. The molecule has 1 amide bonds. The van der Waals surface area contributed by atoms with Gasteiger partial charge in [0.2, 0.25) is 0 Å². The SMILES string of the molecule is CCO/C=C(\C#N)C(=O)OCC.CCOC(=O)CBr.CCOC(=O)CNCc1ccccc1.CCOC(=O)c1c(N)c(C(C)=O)cn1Cc1ccccc1.CCOC(=O)c1cn(Cc2ccccc2)c2c(=O)[nH]cnc12.COc1cc(N)cc(C)c1Br.COc1cc(NC(=O)c2cn(Cc3ccccc3)c3c(Cl)ncnc23)cc(C)c1Br.O=C(O)c1cn(Cc2ccccc2)c2c(=O)[nH]cnc12. The van der Waals surface area contributed by atoms with Crippen molar-refractivity contribution in [3.8, 4) is 17.6 Å². The van der Waals surface area contributed by atoms with E-state index in [0.29, 0.717) is 113 Å². The molecular weight excluding hydrogens is 1980 g/mol. The third-order valence-corrected chi connectivity index (χ3v) is 21.7. The molecule has 137 heavy (non-hydrogen) atoms. The van der Waals surface area contributed by atoms with Gasteiger partial charge in [0, 0.05) is 81.0 Å². The number of nitrogen functional groups attached to an aromatic ring is 2. The molecule has 0 fully saturated rings. The zero-order valence-electron chi connectivity index (χ0n) is 77.0. The number of benzene rings is 7. The third-order valence-electron chi connectivity index (χ3n) is 18.9. The number of esters is 5. The van der Waals surface area contributed by atoms with Gasteiger partial charge in [-0.05, 0) is 145 Å². The van der Waals surface area contributed by atoms with E-state index in [1.807, 2.05) is 182 Å². The van der Waals surface area contributed by atoms with Crippen LogP contribution in [0.2, 0.25) is 5.15 Å². The van der Waals surface area contributed by atoms with Gasteiger partial charge in [-0.3, -0.25) is 28.8 Å². The molecular formula is C99H105Br3ClN15O19. The van der Waals surface area contributed by atoms with Gasteiger partial charge in [-0.2, -0.15) is 5.26 Å². The molecule has 0 radical (unpaired) electrons. The number of alkyl halides is 1. The second-order valence-electron chi connectivity index (χ2n) is 28.7. The number of aromatic amines is 2. The first kappa shape index (κ1) is 109. The maximum absolute atomic E-state index is 13.1. The molecule has 34 nitrogen and oxygen atoms in total. The van der Waals surface area contributed by atoms with Crippen molar-refractivity contribution in [2.75, 3.05) is 82.5 Å². The van der Waals surface area contributed by atoms with Crippen LogP contribution in [0.5, 0.6) is 11.5 Å². The number of carboxylic acid groups (broad SMARTS) is 1. The molecule has 0 spiro atoms. The summed E-state index contributed by atoms with van der Waals surface area (Å²) in [7, 11) is 3.21. The second kappa shape index (κ2) is 57.0. The molecule has 0 aliphatic rings. The molecule has 0 saturated heterocycles. The zero-order chi connectivity index (χ0) is 100. The van der Waals surface area contributed by atoms with Gasteiger partial charge in [0.1, 0.15) is 79.7 Å². The summed E-state index contributed by atoms with van der Waals surface area (Å²) < 4.78 is 47.9. The predicted molar refractivity (Wildman–Crippen MR) is 534 cm³/mol. The number of H-pyrrole nitrogens is 2. The Morgan fingerprint density at radius 2 is 0.942 bits per heavy atom. The van der Waals surface area contributed by atoms with Gasteiger partial charge in [0.25, 0.3) is 17.0 Å². The smallest absolute Gasteiger partial charge is 0.357 e. The van der Waals surface area contributed by atoms with Crippen LogP contribution in [0.15, 0.2) is 250 Å². The van der Waals surface area contributed by atoms with Crippen LogP contribution >= 0.6 is 59.4 Å². The maximum Gasteiger partial charge on any atom is 0.357 e. The maximum atomic E-state index is 13.1. The third kappa shape index (κ3) is 33.0. The standard InChI is InChI=1S/C22H18BrClN4O2.C16H15N3O3.C16H18N2O3.C14H11N3O3.C11H15NO2.C8H10BrNO.C8H11NO3.C4H7BrO2/c1-13-8-15(9-17(30-2)18(13)23)27-22(29)16-11-28(10-14-6-4-3-5-7-14)20-19(16)25-12-26-21(20)24;1-2-22-16(21)12-9-19(8-11-6-4-3-5-7-11)14-13(12)17-10-18-15(14)20;1-3-21-16(20)15-14(17)13(11(2)19)10-18(15)9-12-7-5-4-6-8-12;18-13-12-11(15-8-16-13)10(14(19)20)7-17(12)6-9-4-2-1-3-5-9;1-2-14-11(13)9-12-8-10-6-4-3-5-7-10;1-5-3-6(10)4-7(11-2)8(5)9;1-3-11-6-7(5-9)8(10)12-4-2;1-2-7-4(6)3-5/h3-9,11-12H,10H2,1-2H3,(H,27,29);3-7,9-10H,2,8H2,1H3,(H,17,18,20);4-8,10H,3,9,17H2,1-2H3;1-5,7-8H,6H2,(H,19,20)(H,15,16,18);3-7,12H,2,8-9H2,1H3;3-4H,10H2,1-2H3;6H,3-4H2,1-2H3;2-3H2,1H3/b;;;;;;7-6+;. The van der Waals surface area contributed by atoms with Crippen molar-refractivity contribution in [1.82, 2.24) is 53.5 Å². The van der Waals surface area contributed by atoms with Gasteiger partial charge in [-0.1, -0.05) is 179 Å². The van der Waals surface area contributed by atoms with Crippen LogP contribution in [0.25, 0.3) is 33.1 Å². The average Bonchev–Trinajstić information content (AvgIpc) is 1.70. The first-order valence-corrected chi connectivity index (χ1v) is 45.6. The van der Waals surface area contributed by atoms with Gasteiger partial charge in [0.15, 0.2) is 22.2 Å². The van der Waals surface area contributed by atoms with Crippen LogP contribution in [-0.2, 0) is 75.5 Å². The number of aromatic nitrogens is 10. The highest BCUT2D eigenvalue weighted by Crippen LogP contribution is 2.34. The number of nitrogens with one attached hydrogen (secondary N) is 4. The minimum absolute atomic E-state index is 0.0297. The van der Waals surface area contributed by atoms with Crippen LogP contribution in [0.1, 0.15) is 139 Å². The number of nitrogens with two attached hydrogens (primary N) is 2. The van der Waals surface area contributed by atoms with Crippen LogP contribution in [0.3, 0.4) is 0 Å². The largest absolute Gasteiger partial charge is 0.500 e. The molecule has 718 valence electrons. The van der Waals surface area contributed by atoms with Crippen LogP contribution in [0.4, 0.5) is 17.1 Å². The average molecular weight is 2080 g/mol. The molecule has 7 aromatic heterocycles. The Bertz CT molecular complexity index is 6590. The summed E-state index contributed by atoms with van der Waals surface area (Å²) in [5, 5.41) is 24.2. The highest BCUT2D eigenvalue weighted by Gasteiger charge is 2.26. The highest BCUT2D eigenvalue weighted by molar-refractivity contribution is 9.11. The number of amides is 1. The Hall–Kier alpha value is -14.8. The Balaban J connectivity index is 0.000000220. The lowest BCUT2D eigenvalue weighted by molar-refractivity contribution is -0.142. The molecule has 0 unspecified atom stereocenters. The number of carbonyl (C=O) groups is 8. The van der Waals surface area contributed by atoms with Gasteiger partial charge in [0.05, 0.1) is 98.8 Å². The molecule has 9 N–H and O–H groups in total. The molecule has 0 bridgehead atoms. The molecule has 0 atom stereocenters. The van der Waals surface area contributed by atoms with Crippen molar-refractivity contribution in [2.24, 2.45) is 0 Å². The van der Waals surface area contributed by atoms with Gasteiger partial charge >= 0.3 is 35.8 Å². The summed E-state index contributed by atoms with van der Waals surface area (Å²) in [6, 6.07) is 57.7. The first-order chi connectivity index (χ1) is 65.9. The minimum Gasteiger partial charge on any atom is -0.500 e. The summed E-state index contributed by atoms with van der Waals surface area (Å²) in [6.45, 7) is 20.8. The van der Waals surface area contributed by atoms with E-state index in [1.54, 1.807) is 106 Å². The summed E-state index contributed by atoms with van der Waals surface area (Å²) in [5.74, 6) is -2.19. The quantitative estimate of drug-likeness (QED) is 0.00263. The number of ether oxygens (including phenoxy) is 8. The molecule has 0 aliphatic carbocycles. The van der Waals surface area contributed by atoms with Crippen molar-refractivity contribution in [3.05, 3.63) is 333 Å². The van der Waals surface area contributed by atoms with Crippen molar-refractivity contribution in [3.63, 3.8) is 0 Å². The zero-order valence-corrected chi connectivity index (χ0v) is 82.6. The fraction of sp³-hybridized carbons (Fsp3) is 0.242. The van der Waals surface area contributed by atoms with Gasteiger partial charge in [-0.15, -0.1) is 0 Å². The number of hydrogen-bond donors (Lipinski definition) is 7. The summed E-state index contributed by atoms with van der Waals surface area (Å²) in [6.07, 6.45) is 11.4. The Labute approximate surface area is 820 Å². The molecule has 0 saturated carbocycles. The number of nitriles is 1. The fourth-order valence-electron chi connectivity index (χ4n) is 12.8. The molecule has 38 heteroatoms. The molecule has 14 rings (SSSR count). The summed E-state index contributed by atoms with van der Waals surface area (Å²) >= 11 is 16.2. The molecule has 7 aromatic carbocycles. The second-order valence-corrected chi connectivity index (χ2v) is 31.2. The van der Waals surface area contributed by atoms with E-state index in [9.17, 15) is 53.1 Å². The van der Waals surface area contributed by atoms with E-state index in [1.165, 1.54) is 32.1 Å². The number of aromatic carboxylic acids is 1. The normalized spacial score (nSPS) is 10.4. The summed E-state index contributed by atoms with van der Waals surface area (Å²) in [5.41, 5.74) is 23.3. The van der Waals surface area contributed by atoms with E-state index in [2.05, 4.69) is 97.8 Å². The van der Waals surface area contributed by atoms with Crippen LogP contribution < -0.4 is 42.7 Å². The number of hydrogen-bond acceptors (Lipinski definition) is 26. The topological polar surface area (TPSA) is 468 Å². The number of Topliss-reactive ketones (excluding diaryl/α,β-unsaturated/α-hetero) is 1. The number of fused-ring (bicyclic) bond motifs is 3. The predicted octanol–water partition coefficient (Wildman–Crippen LogP) is 17.0. The number of ketones is 1. The molecule has 14 aromatic rings. The molecule has 0 aliphatic heterocycles. The Morgan fingerprint density at radius 1 is 0.518 bits per heavy atom. The van der Waals surface area contributed by atoms with E-state index < -0.39 is 23.9 Å². The minimum atomic E-state index is -1.10. The van der Waals surface area contributed by atoms with Crippen molar-refractivity contribution < 1.29 is 81.4 Å². The van der Waals surface area contributed by atoms with E-state index in [4.69, 9.17) is 56.8 Å². The highest BCUT2D eigenvalue weighted by atomic mass is 79.9. The van der Waals surface area contributed by atoms with Crippen LogP contribution in [-0.4, -0.2) is 167 Å². The number of aryl methyl sites for hydroxylation is 2. The number of carboxylic acids is 1. The number of halogens is 4.